The summed E-state index contributed by atoms with van der Waals surface area (Å²) in [5.74, 6) is -0.376. The van der Waals surface area contributed by atoms with Gasteiger partial charge in [-0.1, -0.05) is 54.9 Å². The summed E-state index contributed by atoms with van der Waals surface area (Å²) in [6, 6.07) is 15.2. The van der Waals surface area contributed by atoms with E-state index in [4.69, 9.17) is 17.3 Å². The van der Waals surface area contributed by atoms with Crippen LogP contribution < -0.4 is 5.73 Å². The first-order chi connectivity index (χ1) is 9.61. The molecular weight excluding hydrogens is 273 g/mol. The summed E-state index contributed by atoms with van der Waals surface area (Å²) in [6.45, 7) is 2.64. The van der Waals surface area contributed by atoms with Crippen molar-refractivity contribution in [1.82, 2.24) is 0 Å². The van der Waals surface area contributed by atoms with Crippen molar-refractivity contribution in [2.75, 3.05) is 6.54 Å². The normalized spacial score (nSPS) is 14.0. The van der Waals surface area contributed by atoms with Crippen LogP contribution in [-0.2, 0) is 11.8 Å². The van der Waals surface area contributed by atoms with Crippen molar-refractivity contribution in [3.63, 3.8) is 0 Å². The third-order valence-electron chi connectivity index (χ3n) is 3.98. The highest BCUT2D eigenvalue weighted by molar-refractivity contribution is 6.30. The van der Waals surface area contributed by atoms with Gasteiger partial charge in [0.2, 0.25) is 0 Å². The molecule has 0 radical (unpaired) electrons. The number of benzene rings is 2. The maximum atomic E-state index is 13.6. The SMILES string of the molecule is CCC(CN)(Cc1ccc(Cl)c(F)c1)c1ccccc1. The molecule has 3 heteroatoms. The predicted octanol–water partition coefficient (Wildman–Crippen LogP) is 4.33. The Hall–Kier alpha value is -1.38. The van der Waals surface area contributed by atoms with Gasteiger partial charge in [-0.2, -0.15) is 0 Å². The number of hydrogen-bond acceptors (Lipinski definition) is 1. The molecule has 0 amide bonds. The second-order valence-electron chi connectivity index (χ2n) is 5.13. The lowest BCUT2D eigenvalue weighted by molar-refractivity contribution is 0.417. The number of nitrogens with two attached hydrogens (primary N) is 1. The van der Waals surface area contributed by atoms with Crippen LogP contribution in [0.2, 0.25) is 5.02 Å². The third-order valence-corrected chi connectivity index (χ3v) is 4.29. The van der Waals surface area contributed by atoms with E-state index in [-0.39, 0.29) is 16.3 Å². The Bertz CT molecular complexity index is 564. The van der Waals surface area contributed by atoms with Gasteiger partial charge in [0.25, 0.3) is 0 Å². The van der Waals surface area contributed by atoms with Crippen LogP contribution in [0.3, 0.4) is 0 Å². The molecule has 1 unspecified atom stereocenters. The van der Waals surface area contributed by atoms with E-state index in [1.165, 1.54) is 11.6 Å². The molecule has 0 aromatic heterocycles. The molecule has 0 saturated heterocycles. The van der Waals surface area contributed by atoms with Crippen LogP contribution in [-0.4, -0.2) is 6.54 Å². The fourth-order valence-corrected chi connectivity index (χ4v) is 2.72. The Balaban J connectivity index is 2.36. The summed E-state index contributed by atoms with van der Waals surface area (Å²) >= 11 is 5.74. The minimum atomic E-state index is -0.376. The van der Waals surface area contributed by atoms with Crippen molar-refractivity contribution in [3.05, 3.63) is 70.5 Å². The highest BCUT2D eigenvalue weighted by Crippen LogP contribution is 2.31. The van der Waals surface area contributed by atoms with Gasteiger partial charge in [0, 0.05) is 12.0 Å². The Kier molecular flexibility index (Phi) is 4.79. The predicted molar refractivity (Wildman–Crippen MR) is 82.6 cm³/mol. The molecule has 1 nitrogen and oxygen atoms in total. The highest BCUT2D eigenvalue weighted by atomic mass is 35.5. The summed E-state index contributed by atoms with van der Waals surface area (Å²) in [4.78, 5) is 0. The molecule has 0 saturated carbocycles. The van der Waals surface area contributed by atoms with Gasteiger partial charge in [-0.25, -0.2) is 4.39 Å². The summed E-state index contributed by atoms with van der Waals surface area (Å²) in [7, 11) is 0. The average molecular weight is 292 g/mol. The molecule has 2 N–H and O–H groups in total. The van der Waals surface area contributed by atoms with E-state index < -0.39 is 0 Å². The van der Waals surface area contributed by atoms with Crippen LogP contribution in [0.5, 0.6) is 0 Å². The van der Waals surface area contributed by atoms with Gasteiger partial charge in [-0.3, -0.25) is 0 Å². The molecule has 106 valence electrons. The first-order valence-corrected chi connectivity index (χ1v) is 7.18. The van der Waals surface area contributed by atoms with Gasteiger partial charge in [-0.05, 0) is 36.1 Å². The van der Waals surface area contributed by atoms with Crippen molar-refractivity contribution < 1.29 is 4.39 Å². The molecule has 0 spiro atoms. The Morgan fingerprint density at radius 2 is 1.85 bits per heavy atom. The minimum absolute atomic E-state index is 0.156. The monoisotopic (exact) mass is 291 g/mol. The quantitative estimate of drug-likeness (QED) is 0.872. The van der Waals surface area contributed by atoms with E-state index in [0.29, 0.717) is 13.0 Å². The van der Waals surface area contributed by atoms with Gasteiger partial charge >= 0.3 is 0 Å². The molecule has 0 aliphatic heterocycles. The van der Waals surface area contributed by atoms with Crippen molar-refractivity contribution in [2.45, 2.75) is 25.2 Å². The maximum absolute atomic E-state index is 13.6. The van der Waals surface area contributed by atoms with Crippen molar-refractivity contribution in [2.24, 2.45) is 5.73 Å². The third kappa shape index (κ3) is 3.02. The fraction of sp³-hybridized carbons (Fsp3) is 0.294. The standard InChI is InChI=1S/C17H19ClFN/c1-2-17(12-20,14-6-4-3-5-7-14)11-13-8-9-15(18)16(19)10-13/h3-10H,2,11-12,20H2,1H3. The lowest BCUT2D eigenvalue weighted by atomic mass is 9.73. The van der Waals surface area contributed by atoms with E-state index in [1.807, 2.05) is 24.3 Å². The van der Waals surface area contributed by atoms with E-state index >= 15 is 0 Å². The summed E-state index contributed by atoms with van der Waals surface area (Å²) in [6.07, 6.45) is 1.61. The molecule has 0 heterocycles. The summed E-state index contributed by atoms with van der Waals surface area (Å²) < 4.78 is 13.6. The smallest absolute Gasteiger partial charge is 0.142 e. The van der Waals surface area contributed by atoms with Crippen molar-refractivity contribution >= 4 is 11.6 Å². The van der Waals surface area contributed by atoms with Gasteiger partial charge < -0.3 is 5.73 Å². The van der Waals surface area contributed by atoms with Crippen molar-refractivity contribution in [3.8, 4) is 0 Å². The lowest BCUT2D eigenvalue weighted by Crippen LogP contribution is -2.36. The molecule has 2 aromatic carbocycles. The molecule has 0 fully saturated rings. The zero-order chi connectivity index (χ0) is 14.6. The molecule has 2 aromatic rings. The summed E-state index contributed by atoms with van der Waals surface area (Å²) in [5.41, 5.74) is 8.00. The van der Waals surface area contributed by atoms with Crippen molar-refractivity contribution in [1.29, 1.82) is 0 Å². The molecule has 0 aliphatic rings. The highest BCUT2D eigenvalue weighted by Gasteiger charge is 2.29. The van der Waals surface area contributed by atoms with E-state index in [2.05, 4.69) is 19.1 Å². The molecule has 0 aliphatic carbocycles. The van der Waals surface area contributed by atoms with Gasteiger partial charge in [0.05, 0.1) is 5.02 Å². The molecule has 2 rings (SSSR count). The molecule has 0 bridgehead atoms. The zero-order valence-corrected chi connectivity index (χ0v) is 12.3. The Morgan fingerprint density at radius 1 is 1.15 bits per heavy atom. The van der Waals surface area contributed by atoms with Gasteiger partial charge in [0.15, 0.2) is 0 Å². The lowest BCUT2D eigenvalue weighted by Gasteiger charge is -2.32. The number of rotatable bonds is 5. The van der Waals surface area contributed by atoms with E-state index in [9.17, 15) is 4.39 Å². The van der Waals surface area contributed by atoms with Crippen LogP contribution in [0.4, 0.5) is 4.39 Å². The minimum Gasteiger partial charge on any atom is -0.330 e. The number of hydrogen-bond donors (Lipinski definition) is 1. The largest absolute Gasteiger partial charge is 0.330 e. The average Bonchev–Trinajstić information content (AvgIpc) is 2.49. The van der Waals surface area contributed by atoms with Crippen LogP contribution in [0.1, 0.15) is 24.5 Å². The fourth-order valence-electron chi connectivity index (χ4n) is 2.60. The van der Waals surface area contributed by atoms with E-state index in [0.717, 1.165) is 12.0 Å². The summed E-state index contributed by atoms with van der Waals surface area (Å²) in [5, 5.41) is 0.156. The second-order valence-corrected chi connectivity index (χ2v) is 5.54. The Labute approximate surface area is 124 Å². The molecule has 20 heavy (non-hydrogen) atoms. The zero-order valence-electron chi connectivity index (χ0n) is 11.6. The molecular formula is C17H19ClFN. The van der Waals surface area contributed by atoms with Gasteiger partial charge in [-0.15, -0.1) is 0 Å². The number of halogens is 2. The van der Waals surface area contributed by atoms with Crippen LogP contribution in [0.15, 0.2) is 48.5 Å². The first kappa shape index (κ1) is 15.0. The topological polar surface area (TPSA) is 26.0 Å². The Morgan fingerprint density at radius 3 is 2.40 bits per heavy atom. The first-order valence-electron chi connectivity index (χ1n) is 6.81. The molecule has 1 atom stereocenters. The van der Waals surface area contributed by atoms with Crippen LogP contribution >= 0.6 is 11.6 Å². The van der Waals surface area contributed by atoms with Crippen LogP contribution in [0, 0.1) is 5.82 Å². The van der Waals surface area contributed by atoms with E-state index in [1.54, 1.807) is 6.07 Å². The van der Waals surface area contributed by atoms with Gasteiger partial charge in [0.1, 0.15) is 5.82 Å². The van der Waals surface area contributed by atoms with Crippen LogP contribution in [0.25, 0.3) is 0 Å². The second kappa shape index (κ2) is 6.38. The maximum Gasteiger partial charge on any atom is 0.142 e.